The van der Waals surface area contributed by atoms with Gasteiger partial charge in [0.15, 0.2) is 0 Å². The molecule has 0 unspecified atom stereocenters. The van der Waals surface area contributed by atoms with Crippen LogP contribution in [0, 0.1) is 0 Å². The molecule has 0 heterocycles. The van der Waals surface area contributed by atoms with Gasteiger partial charge in [-0.05, 0) is 33.6 Å². The molecule has 0 aromatic heterocycles. The number of quaternary nitrogens is 1. The Morgan fingerprint density at radius 1 is 0.857 bits per heavy atom. The zero-order valence-corrected chi connectivity index (χ0v) is 15.8. The van der Waals surface area contributed by atoms with Crippen LogP contribution in [0.2, 0.25) is 0 Å². The third-order valence-electron chi connectivity index (χ3n) is 3.79. The summed E-state index contributed by atoms with van der Waals surface area (Å²) < 4.78 is 21.7. The summed E-state index contributed by atoms with van der Waals surface area (Å²) in [6.45, 7) is 15.1. The lowest BCUT2D eigenvalue weighted by atomic mass is 10.4. The molecule has 0 atom stereocenters. The van der Waals surface area contributed by atoms with Gasteiger partial charge in [0.25, 0.3) is 0 Å². The summed E-state index contributed by atoms with van der Waals surface area (Å²) in [6.07, 6.45) is 3.44. The van der Waals surface area contributed by atoms with Gasteiger partial charge < -0.3 is 9.38 Å². The standard InChI is InChI=1S/C8H19O4P.C7H18N/c1-3-5-7-11-13(9,10)12-8-6-4-2;1-5-8(4,6-2)7-3/h3-8H2,1-2H3,(H,9,10);5-7H2,1-4H3/q;+1. The summed E-state index contributed by atoms with van der Waals surface area (Å²) >= 11 is 0. The van der Waals surface area contributed by atoms with Gasteiger partial charge >= 0.3 is 7.82 Å². The molecule has 6 heteroatoms. The summed E-state index contributed by atoms with van der Waals surface area (Å²) in [5, 5.41) is 0. The molecule has 0 bridgehead atoms. The average molecular weight is 326 g/mol. The Labute approximate surface area is 131 Å². The average Bonchev–Trinajstić information content (AvgIpc) is 2.47. The molecule has 0 aromatic rings. The van der Waals surface area contributed by atoms with Crippen LogP contribution in [-0.4, -0.2) is 49.3 Å². The second-order valence-corrected chi connectivity index (χ2v) is 6.86. The van der Waals surface area contributed by atoms with E-state index in [1.165, 1.54) is 24.1 Å². The first-order chi connectivity index (χ1) is 9.80. The van der Waals surface area contributed by atoms with E-state index in [4.69, 9.17) is 13.9 Å². The molecule has 0 aliphatic heterocycles. The van der Waals surface area contributed by atoms with Crippen LogP contribution in [0.5, 0.6) is 0 Å². The largest absolute Gasteiger partial charge is 0.472 e. The van der Waals surface area contributed by atoms with Gasteiger partial charge in [-0.1, -0.05) is 26.7 Å². The molecule has 0 amide bonds. The third kappa shape index (κ3) is 14.8. The van der Waals surface area contributed by atoms with Crippen molar-refractivity contribution in [1.29, 1.82) is 0 Å². The molecule has 0 spiro atoms. The van der Waals surface area contributed by atoms with Gasteiger partial charge in [-0.2, -0.15) is 0 Å². The van der Waals surface area contributed by atoms with Gasteiger partial charge in [0.2, 0.25) is 0 Å². The highest BCUT2D eigenvalue weighted by atomic mass is 31.2. The first-order valence-corrected chi connectivity index (χ1v) is 9.75. The third-order valence-corrected chi connectivity index (χ3v) is 4.81. The van der Waals surface area contributed by atoms with Crippen molar-refractivity contribution in [2.45, 2.75) is 60.3 Å². The second kappa shape index (κ2) is 13.7. The molecule has 1 N–H and O–H groups in total. The van der Waals surface area contributed by atoms with Crippen LogP contribution in [0.3, 0.4) is 0 Å². The number of rotatable bonds is 11. The molecule has 0 aromatic carbocycles. The van der Waals surface area contributed by atoms with Crippen molar-refractivity contribution in [3.8, 4) is 0 Å². The highest BCUT2D eigenvalue weighted by Gasteiger charge is 2.19. The minimum atomic E-state index is -3.75. The van der Waals surface area contributed by atoms with Crippen molar-refractivity contribution < 1.29 is 23.0 Å². The van der Waals surface area contributed by atoms with Crippen LogP contribution in [-0.2, 0) is 13.6 Å². The quantitative estimate of drug-likeness (QED) is 0.351. The van der Waals surface area contributed by atoms with Gasteiger partial charge in [0.1, 0.15) is 0 Å². The van der Waals surface area contributed by atoms with Crippen LogP contribution < -0.4 is 0 Å². The molecule has 0 saturated heterocycles. The van der Waals surface area contributed by atoms with Gasteiger partial charge in [-0.15, -0.1) is 0 Å². The monoisotopic (exact) mass is 326 g/mol. The van der Waals surface area contributed by atoms with Gasteiger partial charge in [-0.3, -0.25) is 9.05 Å². The molecule has 21 heavy (non-hydrogen) atoms. The molecule has 0 aliphatic rings. The highest BCUT2D eigenvalue weighted by molar-refractivity contribution is 7.47. The summed E-state index contributed by atoms with van der Waals surface area (Å²) in [6, 6.07) is 0. The fourth-order valence-corrected chi connectivity index (χ4v) is 2.15. The van der Waals surface area contributed by atoms with Crippen LogP contribution in [0.25, 0.3) is 0 Å². The summed E-state index contributed by atoms with van der Waals surface area (Å²) in [5.41, 5.74) is 0. The van der Waals surface area contributed by atoms with E-state index in [1.54, 1.807) is 0 Å². The van der Waals surface area contributed by atoms with Crippen molar-refractivity contribution in [3.63, 3.8) is 0 Å². The van der Waals surface area contributed by atoms with Crippen molar-refractivity contribution in [3.05, 3.63) is 0 Å². The predicted octanol–water partition coefficient (Wildman–Crippen LogP) is 4.21. The second-order valence-electron chi connectivity index (χ2n) is 5.41. The topological polar surface area (TPSA) is 55.8 Å². The molecule has 5 nitrogen and oxygen atoms in total. The Kier molecular flexibility index (Phi) is 15.2. The van der Waals surface area contributed by atoms with E-state index in [1.807, 2.05) is 13.8 Å². The number of phosphoric acid groups is 1. The van der Waals surface area contributed by atoms with Crippen LogP contribution in [0.15, 0.2) is 0 Å². The van der Waals surface area contributed by atoms with Crippen molar-refractivity contribution in [2.75, 3.05) is 39.9 Å². The Bertz CT molecular complexity index is 248. The SMILES string of the molecule is CCCCOP(=O)(O)OCCCC.CC[N+](C)(CC)CC. The van der Waals surface area contributed by atoms with E-state index in [0.717, 1.165) is 25.7 Å². The summed E-state index contributed by atoms with van der Waals surface area (Å²) in [7, 11) is -1.46. The lowest BCUT2D eigenvalue weighted by molar-refractivity contribution is -0.904. The minimum Gasteiger partial charge on any atom is -0.327 e. The maximum atomic E-state index is 11.1. The first-order valence-electron chi connectivity index (χ1n) is 8.26. The molecule has 130 valence electrons. The molecule has 0 rings (SSSR count). The van der Waals surface area contributed by atoms with Gasteiger partial charge in [0.05, 0.1) is 39.9 Å². The number of unbranched alkanes of at least 4 members (excludes halogenated alkanes) is 2. The summed E-state index contributed by atoms with van der Waals surface area (Å²) in [4.78, 5) is 9.08. The Hall–Kier alpha value is 0.0700. The smallest absolute Gasteiger partial charge is 0.327 e. The van der Waals surface area contributed by atoms with Crippen molar-refractivity contribution in [1.82, 2.24) is 0 Å². The fraction of sp³-hybridized carbons (Fsp3) is 1.00. The predicted molar refractivity (Wildman–Crippen MR) is 89.4 cm³/mol. The Balaban J connectivity index is 0. The molecule has 0 saturated carbocycles. The van der Waals surface area contributed by atoms with Crippen LogP contribution >= 0.6 is 7.82 Å². The number of hydrogen-bond donors (Lipinski definition) is 1. The fourth-order valence-electron chi connectivity index (χ4n) is 1.36. The molecule has 0 aliphatic carbocycles. The van der Waals surface area contributed by atoms with Crippen molar-refractivity contribution in [2.24, 2.45) is 0 Å². The molecular formula is C15H37NO4P+. The first kappa shape index (κ1) is 23.3. The maximum Gasteiger partial charge on any atom is 0.472 e. The van der Waals surface area contributed by atoms with E-state index in [-0.39, 0.29) is 13.2 Å². The zero-order chi connectivity index (χ0) is 16.8. The van der Waals surface area contributed by atoms with E-state index < -0.39 is 7.82 Å². The number of hydrogen-bond acceptors (Lipinski definition) is 3. The molecular weight excluding hydrogens is 289 g/mol. The maximum absolute atomic E-state index is 11.1. The molecule has 0 fully saturated rings. The lowest BCUT2D eigenvalue weighted by Crippen LogP contribution is -2.42. The minimum absolute atomic E-state index is 0.288. The van der Waals surface area contributed by atoms with E-state index in [2.05, 4.69) is 27.8 Å². The van der Waals surface area contributed by atoms with E-state index in [0.29, 0.717) is 0 Å². The van der Waals surface area contributed by atoms with Gasteiger partial charge in [0, 0.05) is 0 Å². The van der Waals surface area contributed by atoms with E-state index >= 15 is 0 Å². The lowest BCUT2D eigenvalue weighted by Gasteiger charge is -2.30. The summed E-state index contributed by atoms with van der Waals surface area (Å²) in [5.74, 6) is 0. The Morgan fingerprint density at radius 2 is 1.19 bits per heavy atom. The number of phosphoric ester groups is 1. The zero-order valence-electron chi connectivity index (χ0n) is 14.9. The normalized spacial score (nSPS) is 12.0. The Morgan fingerprint density at radius 3 is 1.38 bits per heavy atom. The van der Waals surface area contributed by atoms with Crippen LogP contribution in [0.1, 0.15) is 60.3 Å². The van der Waals surface area contributed by atoms with E-state index in [9.17, 15) is 4.57 Å². The van der Waals surface area contributed by atoms with Crippen LogP contribution in [0.4, 0.5) is 0 Å². The van der Waals surface area contributed by atoms with Gasteiger partial charge in [-0.25, -0.2) is 4.57 Å². The molecule has 0 radical (unpaired) electrons. The number of nitrogens with zero attached hydrogens (tertiary/aromatic N) is 1. The highest BCUT2D eigenvalue weighted by Crippen LogP contribution is 2.43. The van der Waals surface area contributed by atoms with Crippen molar-refractivity contribution >= 4 is 7.82 Å².